The minimum absolute atomic E-state index is 0.0241. The van der Waals surface area contributed by atoms with Crippen LogP contribution in [0.25, 0.3) is 0 Å². The van der Waals surface area contributed by atoms with Gasteiger partial charge in [0.05, 0.1) is 25.3 Å². The normalized spacial score (nSPS) is 18.9. The lowest BCUT2D eigenvalue weighted by molar-refractivity contribution is -0.135. The van der Waals surface area contributed by atoms with E-state index >= 15 is 0 Å². The number of likely N-dealkylation sites (tertiary alicyclic amines) is 1. The van der Waals surface area contributed by atoms with Crippen molar-refractivity contribution in [1.29, 1.82) is 0 Å². The molecule has 0 spiro atoms. The van der Waals surface area contributed by atoms with Crippen LogP contribution in [0.2, 0.25) is 0 Å². The number of carbonyl (C=O) groups excluding carboxylic acids is 4. The first-order valence-corrected chi connectivity index (χ1v) is 14.9. The van der Waals surface area contributed by atoms with Crippen molar-refractivity contribution in [1.82, 2.24) is 9.80 Å². The minimum atomic E-state index is -0.548. The summed E-state index contributed by atoms with van der Waals surface area (Å²) in [5.74, 6) is 0.125. The van der Waals surface area contributed by atoms with Crippen molar-refractivity contribution in [2.45, 2.75) is 77.4 Å². The number of thiophene rings is 1. The molecule has 1 unspecified atom stereocenters. The Hall–Kier alpha value is -3.60. The van der Waals surface area contributed by atoms with Crippen LogP contribution >= 0.6 is 11.3 Å². The number of hydrogen-bond donors (Lipinski definition) is 2. The van der Waals surface area contributed by atoms with Crippen molar-refractivity contribution in [3.05, 3.63) is 40.3 Å². The fourth-order valence-electron chi connectivity index (χ4n) is 5.89. The molecule has 2 fully saturated rings. The van der Waals surface area contributed by atoms with Crippen molar-refractivity contribution < 1.29 is 28.7 Å². The summed E-state index contributed by atoms with van der Waals surface area (Å²) < 4.78 is 10.7. The minimum Gasteiger partial charge on any atom is -0.494 e. The zero-order valence-electron chi connectivity index (χ0n) is 23.0. The number of fused-ring (bicyclic) bond motifs is 1. The van der Waals surface area contributed by atoms with E-state index in [-0.39, 0.29) is 30.4 Å². The predicted molar refractivity (Wildman–Crippen MR) is 152 cm³/mol. The average molecular weight is 569 g/mol. The second kappa shape index (κ2) is 12.3. The molecule has 4 amide bonds. The zero-order chi connectivity index (χ0) is 28.2. The highest BCUT2D eigenvalue weighted by Crippen LogP contribution is 2.39. The summed E-state index contributed by atoms with van der Waals surface area (Å²) in [6.45, 7) is 5.20. The number of nitrogens with one attached hydrogen (secondary N) is 2. The highest BCUT2D eigenvalue weighted by atomic mass is 32.1. The van der Waals surface area contributed by atoms with Crippen LogP contribution < -0.4 is 15.4 Å². The van der Waals surface area contributed by atoms with Crippen molar-refractivity contribution >= 4 is 45.8 Å². The molecular weight excluding hydrogens is 532 g/mol. The molecule has 3 heterocycles. The molecule has 2 aliphatic heterocycles. The van der Waals surface area contributed by atoms with Crippen LogP contribution in [0.5, 0.6) is 5.75 Å². The van der Waals surface area contributed by atoms with Crippen LogP contribution in [-0.4, -0.2) is 65.5 Å². The summed E-state index contributed by atoms with van der Waals surface area (Å²) in [5.41, 5.74) is 1.82. The maximum absolute atomic E-state index is 13.7. The van der Waals surface area contributed by atoms with Crippen LogP contribution in [-0.2, 0) is 27.3 Å². The van der Waals surface area contributed by atoms with Crippen LogP contribution in [0.4, 0.5) is 15.5 Å². The molecule has 1 aliphatic carbocycles. The number of anilines is 2. The fourth-order valence-corrected chi connectivity index (χ4v) is 7.16. The van der Waals surface area contributed by atoms with E-state index in [2.05, 4.69) is 10.6 Å². The molecule has 11 heteroatoms. The Labute approximate surface area is 238 Å². The topological polar surface area (TPSA) is 117 Å². The first-order chi connectivity index (χ1) is 19.4. The molecule has 1 saturated heterocycles. The molecular formula is C29H36N4O6S. The lowest BCUT2D eigenvalue weighted by Crippen LogP contribution is -2.46. The Morgan fingerprint density at radius 3 is 2.45 bits per heavy atom. The van der Waals surface area contributed by atoms with Crippen LogP contribution in [0, 0.1) is 0 Å². The van der Waals surface area contributed by atoms with E-state index in [1.807, 2.05) is 6.92 Å². The Kier molecular flexibility index (Phi) is 8.58. The molecule has 1 saturated carbocycles. The van der Waals surface area contributed by atoms with Gasteiger partial charge in [0.15, 0.2) is 0 Å². The number of rotatable bonds is 8. The highest BCUT2D eigenvalue weighted by Gasteiger charge is 2.42. The third-order valence-corrected chi connectivity index (χ3v) is 8.88. The maximum atomic E-state index is 13.7. The fraction of sp³-hybridized carbons (Fsp3) is 0.517. The van der Waals surface area contributed by atoms with Crippen LogP contribution in [0.3, 0.4) is 0 Å². The van der Waals surface area contributed by atoms with E-state index in [0.717, 1.165) is 36.1 Å². The van der Waals surface area contributed by atoms with Crippen LogP contribution in [0.15, 0.2) is 24.3 Å². The van der Waals surface area contributed by atoms with Crippen molar-refractivity contribution in [2.75, 3.05) is 30.4 Å². The monoisotopic (exact) mass is 568 g/mol. The first-order valence-electron chi connectivity index (χ1n) is 14.1. The number of nitrogens with zero attached hydrogens (tertiary/aromatic N) is 2. The van der Waals surface area contributed by atoms with Gasteiger partial charge in [0.25, 0.3) is 5.91 Å². The molecule has 2 N–H and O–H groups in total. The summed E-state index contributed by atoms with van der Waals surface area (Å²) in [7, 11) is 0. The van der Waals surface area contributed by atoms with Crippen molar-refractivity contribution in [3.8, 4) is 5.75 Å². The third kappa shape index (κ3) is 5.79. The standard InChI is InChI=1S/C29H36N4O6S/c1-3-38-20-11-9-18(10-12-20)30-27(36)25-21-15-16-32(29(37)39-4-2)17-23(21)40-28(25)31-26(35)22-13-14-24(34)33(22)19-7-5-6-8-19/h9-12,19,22H,3-8,13-17H2,1-2H3,(H,30,36)(H,31,35). The summed E-state index contributed by atoms with van der Waals surface area (Å²) in [6.07, 6.45) is 4.85. The summed E-state index contributed by atoms with van der Waals surface area (Å²) in [5, 5.41) is 6.41. The largest absolute Gasteiger partial charge is 0.494 e. The lowest BCUT2D eigenvalue weighted by Gasteiger charge is -2.29. The van der Waals surface area contributed by atoms with Crippen molar-refractivity contribution in [2.24, 2.45) is 0 Å². The number of ether oxygens (including phenoxy) is 2. The number of benzene rings is 1. The zero-order valence-corrected chi connectivity index (χ0v) is 23.8. The number of amides is 4. The van der Waals surface area contributed by atoms with Gasteiger partial charge < -0.3 is 29.9 Å². The smallest absolute Gasteiger partial charge is 0.410 e. The van der Waals surface area contributed by atoms with E-state index in [1.165, 1.54) is 11.3 Å². The molecule has 1 aromatic heterocycles. The Bertz CT molecular complexity index is 1270. The van der Waals surface area contributed by atoms with E-state index in [0.29, 0.717) is 61.0 Å². The van der Waals surface area contributed by atoms with Gasteiger partial charge in [-0.3, -0.25) is 14.4 Å². The Morgan fingerprint density at radius 1 is 1.00 bits per heavy atom. The summed E-state index contributed by atoms with van der Waals surface area (Å²) in [4.78, 5) is 56.6. The molecule has 1 atom stereocenters. The van der Waals surface area contributed by atoms with Gasteiger partial charge in [-0.25, -0.2) is 4.79 Å². The Balaban J connectivity index is 1.41. The SMILES string of the molecule is CCOC(=O)N1CCc2c(sc(NC(=O)C3CCC(=O)N3C3CCCC3)c2C(=O)Nc2ccc(OCC)cc2)C1. The molecule has 0 radical (unpaired) electrons. The van der Waals surface area contributed by atoms with E-state index in [4.69, 9.17) is 9.47 Å². The molecule has 214 valence electrons. The molecule has 40 heavy (non-hydrogen) atoms. The van der Waals surface area contributed by atoms with Gasteiger partial charge in [-0.1, -0.05) is 12.8 Å². The maximum Gasteiger partial charge on any atom is 0.410 e. The quantitative estimate of drug-likeness (QED) is 0.473. The van der Waals surface area contributed by atoms with Gasteiger partial charge in [0.2, 0.25) is 11.8 Å². The third-order valence-electron chi connectivity index (χ3n) is 7.75. The lowest BCUT2D eigenvalue weighted by atomic mass is 10.0. The molecule has 2 aromatic rings. The van der Waals surface area contributed by atoms with Crippen LogP contribution in [0.1, 0.15) is 73.2 Å². The molecule has 0 bridgehead atoms. The Morgan fingerprint density at radius 2 is 1.75 bits per heavy atom. The number of hydrogen-bond acceptors (Lipinski definition) is 7. The molecule has 1 aromatic carbocycles. The van der Waals surface area contributed by atoms with E-state index in [1.54, 1.807) is 41.0 Å². The first kappa shape index (κ1) is 27.9. The van der Waals surface area contributed by atoms with Crippen molar-refractivity contribution in [3.63, 3.8) is 0 Å². The molecule has 5 rings (SSSR count). The highest BCUT2D eigenvalue weighted by molar-refractivity contribution is 7.17. The summed E-state index contributed by atoms with van der Waals surface area (Å²) in [6, 6.07) is 6.67. The van der Waals surface area contributed by atoms with Gasteiger partial charge in [0, 0.05) is 29.6 Å². The second-order valence-electron chi connectivity index (χ2n) is 10.3. The van der Waals surface area contributed by atoms with Gasteiger partial charge >= 0.3 is 6.09 Å². The van der Waals surface area contributed by atoms with Gasteiger partial charge in [-0.15, -0.1) is 11.3 Å². The molecule has 10 nitrogen and oxygen atoms in total. The van der Waals surface area contributed by atoms with Gasteiger partial charge in [-0.2, -0.15) is 0 Å². The van der Waals surface area contributed by atoms with Gasteiger partial charge in [0.1, 0.15) is 16.8 Å². The predicted octanol–water partition coefficient (Wildman–Crippen LogP) is 4.79. The van der Waals surface area contributed by atoms with E-state index in [9.17, 15) is 19.2 Å². The summed E-state index contributed by atoms with van der Waals surface area (Å²) >= 11 is 1.30. The van der Waals surface area contributed by atoms with E-state index < -0.39 is 12.1 Å². The van der Waals surface area contributed by atoms with Gasteiger partial charge in [-0.05, 0) is 69.4 Å². The second-order valence-corrected chi connectivity index (χ2v) is 11.4. The molecule has 3 aliphatic rings. The average Bonchev–Trinajstić information content (AvgIpc) is 3.68. The number of carbonyl (C=O) groups is 4.